The zero-order chi connectivity index (χ0) is 13.3. The lowest BCUT2D eigenvalue weighted by molar-refractivity contribution is -0.121. The Morgan fingerprint density at radius 3 is 2.53 bits per heavy atom. The lowest BCUT2D eigenvalue weighted by Crippen LogP contribution is -2.25. The van der Waals surface area contributed by atoms with Crippen LogP contribution in [-0.2, 0) is 17.8 Å². The van der Waals surface area contributed by atoms with Crippen LogP contribution in [0.4, 0.5) is 0 Å². The summed E-state index contributed by atoms with van der Waals surface area (Å²) in [5, 5.41) is 2.96. The number of carbonyl (C=O) groups excluding carboxylic acids is 1. The van der Waals surface area contributed by atoms with E-state index in [1.165, 1.54) is 5.56 Å². The topological polar surface area (TPSA) is 34.0 Å². The standard InChI is InChI=1S/C16H20N2O/c19-16(9-6-14-18-12-4-5-13-18)17-11-10-15-7-2-1-3-8-15/h1-5,7-8,12-13H,6,9-11,14H2,(H,17,19). The molecule has 1 aromatic carbocycles. The Bertz CT molecular complexity index is 477. The van der Waals surface area contributed by atoms with Crippen LogP contribution >= 0.6 is 0 Å². The third kappa shape index (κ3) is 5.00. The molecule has 3 heteroatoms. The summed E-state index contributed by atoms with van der Waals surface area (Å²) in [4.78, 5) is 11.6. The van der Waals surface area contributed by atoms with Gasteiger partial charge in [-0.3, -0.25) is 4.79 Å². The molecule has 3 nitrogen and oxygen atoms in total. The van der Waals surface area contributed by atoms with Gasteiger partial charge < -0.3 is 9.88 Å². The van der Waals surface area contributed by atoms with Crippen LogP contribution in [-0.4, -0.2) is 17.0 Å². The molecule has 1 heterocycles. The summed E-state index contributed by atoms with van der Waals surface area (Å²) in [6, 6.07) is 14.2. The largest absolute Gasteiger partial charge is 0.356 e. The van der Waals surface area contributed by atoms with Crippen LogP contribution < -0.4 is 5.32 Å². The van der Waals surface area contributed by atoms with E-state index in [0.717, 1.165) is 19.4 Å². The van der Waals surface area contributed by atoms with Crippen molar-refractivity contribution < 1.29 is 4.79 Å². The highest BCUT2D eigenvalue weighted by atomic mass is 16.1. The predicted octanol–water partition coefficient (Wildman–Crippen LogP) is 2.63. The van der Waals surface area contributed by atoms with Gasteiger partial charge in [0.2, 0.25) is 5.91 Å². The van der Waals surface area contributed by atoms with Gasteiger partial charge in [-0.2, -0.15) is 0 Å². The van der Waals surface area contributed by atoms with Gasteiger partial charge in [-0.15, -0.1) is 0 Å². The van der Waals surface area contributed by atoms with E-state index in [2.05, 4.69) is 22.0 Å². The van der Waals surface area contributed by atoms with Crippen molar-refractivity contribution in [3.05, 3.63) is 60.4 Å². The molecule has 1 aromatic heterocycles. The molecule has 2 aromatic rings. The summed E-state index contributed by atoms with van der Waals surface area (Å²) < 4.78 is 2.09. The second-order valence-electron chi connectivity index (χ2n) is 4.61. The molecule has 0 unspecified atom stereocenters. The fourth-order valence-corrected chi connectivity index (χ4v) is 2.02. The number of rotatable bonds is 7. The van der Waals surface area contributed by atoms with Crippen LogP contribution in [0.25, 0.3) is 0 Å². The molecule has 2 rings (SSSR count). The Morgan fingerprint density at radius 1 is 1.05 bits per heavy atom. The van der Waals surface area contributed by atoms with Crippen molar-refractivity contribution in [1.82, 2.24) is 9.88 Å². The summed E-state index contributed by atoms with van der Waals surface area (Å²) >= 11 is 0. The van der Waals surface area contributed by atoms with Crippen LogP contribution in [0.1, 0.15) is 18.4 Å². The van der Waals surface area contributed by atoms with Crippen molar-refractivity contribution in [2.45, 2.75) is 25.8 Å². The average molecular weight is 256 g/mol. The molecule has 0 fully saturated rings. The highest BCUT2D eigenvalue weighted by Gasteiger charge is 2.00. The Morgan fingerprint density at radius 2 is 1.79 bits per heavy atom. The van der Waals surface area contributed by atoms with Gasteiger partial charge in [0.15, 0.2) is 0 Å². The second-order valence-corrected chi connectivity index (χ2v) is 4.61. The summed E-state index contributed by atoms with van der Waals surface area (Å²) in [6.07, 6.45) is 6.41. The van der Waals surface area contributed by atoms with Crippen molar-refractivity contribution >= 4 is 5.91 Å². The number of hydrogen-bond donors (Lipinski definition) is 1. The van der Waals surface area contributed by atoms with Gasteiger partial charge in [0, 0.05) is 31.9 Å². The van der Waals surface area contributed by atoms with Crippen LogP contribution in [0.2, 0.25) is 0 Å². The van der Waals surface area contributed by atoms with Crippen molar-refractivity contribution in [3.63, 3.8) is 0 Å². The number of aryl methyl sites for hydroxylation is 1. The first-order valence-electron chi connectivity index (χ1n) is 6.76. The molecule has 0 radical (unpaired) electrons. The molecule has 0 bridgehead atoms. The molecule has 0 atom stereocenters. The Hall–Kier alpha value is -2.03. The molecular formula is C16H20N2O. The first-order chi connectivity index (χ1) is 9.34. The Kier molecular flexibility index (Phi) is 5.23. The lowest BCUT2D eigenvalue weighted by atomic mass is 10.1. The van der Waals surface area contributed by atoms with E-state index >= 15 is 0 Å². The first kappa shape index (κ1) is 13.4. The molecule has 100 valence electrons. The quantitative estimate of drug-likeness (QED) is 0.812. The molecule has 0 aliphatic heterocycles. The molecule has 0 aliphatic rings. The zero-order valence-corrected chi connectivity index (χ0v) is 11.1. The van der Waals surface area contributed by atoms with Crippen LogP contribution in [0.15, 0.2) is 54.9 Å². The number of hydrogen-bond acceptors (Lipinski definition) is 1. The number of nitrogens with one attached hydrogen (secondary N) is 1. The summed E-state index contributed by atoms with van der Waals surface area (Å²) in [6.45, 7) is 1.62. The Balaban J connectivity index is 1.57. The maximum Gasteiger partial charge on any atom is 0.220 e. The van der Waals surface area contributed by atoms with E-state index in [1.807, 2.05) is 42.7 Å². The van der Waals surface area contributed by atoms with E-state index in [9.17, 15) is 4.79 Å². The van der Waals surface area contributed by atoms with Gasteiger partial charge >= 0.3 is 0 Å². The van der Waals surface area contributed by atoms with Gasteiger partial charge in [-0.05, 0) is 30.5 Å². The normalized spacial score (nSPS) is 10.3. The summed E-state index contributed by atoms with van der Waals surface area (Å²) in [5.74, 6) is 0.142. The number of aromatic nitrogens is 1. The van der Waals surface area contributed by atoms with E-state index in [0.29, 0.717) is 13.0 Å². The van der Waals surface area contributed by atoms with Gasteiger partial charge in [0.25, 0.3) is 0 Å². The number of amides is 1. The SMILES string of the molecule is O=C(CCCn1cccc1)NCCc1ccccc1. The lowest BCUT2D eigenvalue weighted by Gasteiger charge is -2.06. The van der Waals surface area contributed by atoms with Crippen LogP contribution in [0.3, 0.4) is 0 Å². The number of benzene rings is 1. The monoisotopic (exact) mass is 256 g/mol. The van der Waals surface area contributed by atoms with Gasteiger partial charge in [0.05, 0.1) is 0 Å². The maximum atomic E-state index is 11.6. The molecule has 0 saturated carbocycles. The second kappa shape index (κ2) is 7.41. The minimum Gasteiger partial charge on any atom is -0.356 e. The summed E-state index contributed by atoms with van der Waals surface area (Å²) in [7, 11) is 0. The van der Waals surface area contributed by atoms with Gasteiger partial charge in [-0.1, -0.05) is 30.3 Å². The maximum absolute atomic E-state index is 11.6. The fourth-order valence-electron chi connectivity index (χ4n) is 2.02. The van der Waals surface area contributed by atoms with E-state index in [4.69, 9.17) is 0 Å². The van der Waals surface area contributed by atoms with Crippen molar-refractivity contribution in [2.75, 3.05) is 6.54 Å². The highest BCUT2D eigenvalue weighted by Crippen LogP contribution is 1.99. The molecule has 1 amide bonds. The molecule has 0 aliphatic carbocycles. The van der Waals surface area contributed by atoms with E-state index in [1.54, 1.807) is 0 Å². The smallest absolute Gasteiger partial charge is 0.220 e. The third-order valence-electron chi connectivity index (χ3n) is 3.07. The van der Waals surface area contributed by atoms with Crippen LogP contribution in [0, 0.1) is 0 Å². The van der Waals surface area contributed by atoms with Crippen LogP contribution in [0.5, 0.6) is 0 Å². The zero-order valence-electron chi connectivity index (χ0n) is 11.1. The molecule has 0 spiro atoms. The predicted molar refractivity (Wildman–Crippen MR) is 76.8 cm³/mol. The Labute approximate surface area is 114 Å². The van der Waals surface area contributed by atoms with E-state index < -0.39 is 0 Å². The molecule has 1 N–H and O–H groups in total. The fraction of sp³-hybridized carbons (Fsp3) is 0.312. The highest BCUT2D eigenvalue weighted by molar-refractivity contribution is 5.75. The van der Waals surface area contributed by atoms with Gasteiger partial charge in [-0.25, -0.2) is 0 Å². The number of nitrogens with zero attached hydrogens (tertiary/aromatic N) is 1. The molecular weight excluding hydrogens is 236 g/mol. The molecule has 0 saturated heterocycles. The first-order valence-corrected chi connectivity index (χ1v) is 6.76. The van der Waals surface area contributed by atoms with Crippen molar-refractivity contribution in [1.29, 1.82) is 0 Å². The minimum absolute atomic E-state index is 0.142. The summed E-state index contributed by atoms with van der Waals surface area (Å²) in [5.41, 5.74) is 1.26. The van der Waals surface area contributed by atoms with Gasteiger partial charge in [0.1, 0.15) is 0 Å². The average Bonchev–Trinajstić information content (AvgIpc) is 2.93. The third-order valence-corrected chi connectivity index (χ3v) is 3.07. The van der Waals surface area contributed by atoms with Crippen molar-refractivity contribution in [2.24, 2.45) is 0 Å². The minimum atomic E-state index is 0.142. The number of carbonyl (C=O) groups is 1. The van der Waals surface area contributed by atoms with Crippen molar-refractivity contribution in [3.8, 4) is 0 Å². The molecule has 19 heavy (non-hydrogen) atoms. The van der Waals surface area contributed by atoms with E-state index in [-0.39, 0.29) is 5.91 Å².